The van der Waals surface area contributed by atoms with Gasteiger partial charge in [0.25, 0.3) is 0 Å². The fraction of sp³-hybridized carbons (Fsp3) is 0.846. The van der Waals surface area contributed by atoms with Crippen LogP contribution in [0, 0.1) is 11.3 Å². The van der Waals surface area contributed by atoms with E-state index in [0.717, 1.165) is 12.5 Å². The zero-order chi connectivity index (χ0) is 11.0. The van der Waals surface area contributed by atoms with Crippen molar-refractivity contribution in [3.8, 4) is 0 Å². The Morgan fingerprint density at radius 2 is 2.07 bits per heavy atom. The Morgan fingerprint density at radius 3 is 2.43 bits per heavy atom. The van der Waals surface area contributed by atoms with E-state index in [1.807, 2.05) is 6.08 Å². The first-order chi connectivity index (χ1) is 6.61. The quantitative estimate of drug-likeness (QED) is 0.589. The highest BCUT2D eigenvalue weighted by atomic mass is 14.6. The summed E-state index contributed by atoms with van der Waals surface area (Å²) in [6.45, 7) is 11.4. The molecule has 0 saturated carbocycles. The van der Waals surface area contributed by atoms with E-state index in [-0.39, 0.29) is 5.41 Å². The van der Waals surface area contributed by atoms with Crippen LogP contribution in [0.4, 0.5) is 0 Å². The molecule has 2 atom stereocenters. The summed E-state index contributed by atoms with van der Waals surface area (Å²) in [7, 11) is 0. The van der Waals surface area contributed by atoms with Gasteiger partial charge in [0.1, 0.15) is 0 Å². The van der Waals surface area contributed by atoms with E-state index in [0.29, 0.717) is 0 Å². The van der Waals surface area contributed by atoms with Gasteiger partial charge >= 0.3 is 0 Å². The summed E-state index contributed by atoms with van der Waals surface area (Å²) in [4.78, 5) is 0. The first kappa shape index (κ1) is 13.7. The SMILES string of the molecule is C=CC(C)(CN)CC(CC)CCCC. The molecule has 0 radical (unpaired) electrons. The molecule has 0 saturated heterocycles. The molecule has 0 bridgehead atoms. The maximum atomic E-state index is 5.78. The average molecular weight is 197 g/mol. The first-order valence-corrected chi connectivity index (χ1v) is 5.95. The molecule has 0 aliphatic rings. The minimum absolute atomic E-state index is 0.147. The van der Waals surface area contributed by atoms with Crippen molar-refractivity contribution in [1.29, 1.82) is 0 Å². The second kappa shape index (κ2) is 7.05. The van der Waals surface area contributed by atoms with Crippen molar-refractivity contribution < 1.29 is 0 Å². The van der Waals surface area contributed by atoms with Gasteiger partial charge < -0.3 is 5.73 Å². The lowest BCUT2D eigenvalue weighted by Crippen LogP contribution is -2.27. The molecule has 0 aromatic rings. The fourth-order valence-corrected chi connectivity index (χ4v) is 1.85. The van der Waals surface area contributed by atoms with Crippen LogP contribution in [-0.4, -0.2) is 6.54 Å². The predicted octanol–water partition coefficient (Wildman–Crippen LogP) is 3.74. The van der Waals surface area contributed by atoms with Crippen LogP contribution in [0.25, 0.3) is 0 Å². The minimum Gasteiger partial charge on any atom is -0.330 e. The van der Waals surface area contributed by atoms with Gasteiger partial charge in [0.15, 0.2) is 0 Å². The van der Waals surface area contributed by atoms with Crippen molar-refractivity contribution in [2.45, 2.75) is 52.9 Å². The molecule has 0 rings (SSSR count). The Labute approximate surface area is 89.8 Å². The van der Waals surface area contributed by atoms with Gasteiger partial charge in [-0.3, -0.25) is 0 Å². The van der Waals surface area contributed by atoms with Gasteiger partial charge in [0.2, 0.25) is 0 Å². The van der Waals surface area contributed by atoms with Crippen LogP contribution in [-0.2, 0) is 0 Å². The third-order valence-electron chi connectivity index (χ3n) is 3.26. The maximum absolute atomic E-state index is 5.78. The van der Waals surface area contributed by atoms with Crippen LogP contribution in [0.5, 0.6) is 0 Å². The first-order valence-electron chi connectivity index (χ1n) is 5.95. The number of hydrogen-bond acceptors (Lipinski definition) is 1. The van der Waals surface area contributed by atoms with Crippen LogP contribution < -0.4 is 5.73 Å². The van der Waals surface area contributed by atoms with Gasteiger partial charge in [0, 0.05) is 6.54 Å². The lowest BCUT2D eigenvalue weighted by Gasteiger charge is -2.28. The third-order valence-corrected chi connectivity index (χ3v) is 3.26. The van der Waals surface area contributed by atoms with E-state index in [1.54, 1.807) is 0 Å². The van der Waals surface area contributed by atoms with Gasteiger partial charge in [-0.2, -0.15) is 0 Å². The van der Waals surface area contributed by atoms with Crippen LogP contribution in [0.1, 0.15) is 52.9 Å². The largest absolute Gasteiger partial charge is 0.330 e. The molecule has 0 fully saturated rings. The maximum Gasteiger partial charge on any atom is 0.00115 e. The van der Waals surface area contributed by atoms with E-state index in [9.17, 15) is 0 Å². The molecule has 1 heteroatoms. The number of hydrogen-bond donors (Lipinski definition) is 1. The summed E-state index contributed by atoms with van der Waals surface area (Å²) >= 11 is 0. The monoisotopic (exact) mass is 197 g/mol. The Hall–Kier alpha value is -0.300. The lowest BCUT2D eigenvalue weighted by molar-refractivity contribution is 0.290. The topological polar surface area (TPSA) is 26.0 Å². The molecule has 0 amide bonds. The molecule has 1 nitrogen and oxygen atoms in total. The van der Waals surface area contributed by atoms with Gasteiger partial charge in [-0.25, -0.2) is 0 Å². The highest BCUT2D eigenvalue weighted by Gasteiger charge is 2.22. The van der Waals surface area contributed by atoms with Crippen molar-refractivity contribution in [3.05, 3.63) is 12.7 Å². The summed E-state index contributed by atoms with van der Waals surface area (Å²) in [6.07, 6.45) is 8.48. The van der Waals surface area contributed by atoms with E-state index in [4.69, 9.17) is 5.73 Å². The molecule has 2 unspecified atom stereocenters. The Kier molecular flexibility index (Phi) is 6.90. The molecule has 14 heavy (non-hydrogen) atoms. The zero-order valence-corrected chi connectivity index (χ0v) is 10.2. The lowest BCUT2D eigenvalue weighted by atomic mass is 9.78. The zero-order valence-electron chi connectivity index (χ0n) is 10.2. The van der Waals surface area contributed by atoms with Crippen molar-refractivity contribution in [2.75, 3.05) is 6.54 Å². The van der Waals surface area contributed by atoms with Crippen LogP contribution in [0.15, 0.2) is 12.7 Å². The number of nitrogens with two attached hydrogens (primary N) is 1. The Balaban J connectivity index is 4.07. The van der Waals surface area contributed by atoms with Crippen molar-refractivity contribution >= 4 is 0 Å². The molecule has 0 aliphatic carbocycles. The highest BCUT2D eigenvalue weighted by Crippen LogP contribution is 2.30. The van der Waals surface area contributed by atoms with Gasteiger partial charge in [-0.1, -0.05) is 52.5 Å². The minimum atomic E-state index is 0.147. The average Bonchev–Trinajstić information content (AvgIpc) is 2.23. The molecular weight excluding hydrogens is 170 g/mol. The molecule has 2 N–H and O–H groups in total. The standard InChI is InChI=1S/C13H27N/c1-5-8-9-12(6-2)10-13(4,7-3)11-14/h7,12H,3,5-6,8-11,14H2,1-2,4H3. The summed E-state index contributed by atoms with van der Waals surface area (Å²) in [5, 5.41) is 0. The molecule has 0 aromatic carbocycles. The second-order valence-corrected chi connectivity index (χ2v) is 4.68. The molecule has 84 valence electrons. The third kappa shape index (κ3) is 4.80. The second-order valence-electron chi connectivity index (χ2n) is 4.68. The molecule has 0 heterocycles. The van der Waals surface area contributed by atoms with Crippen LogP contribution >= 0.6 is 0 Å². The van der Waals surface area contributed by atoms with E-state index in [2.05, 4.69) is 27.4 Å². The summed E-state index contributed by atoms with van der Waals surface area (Å²) in [6, 6.07) is 0. The van der Waals surface area contributed by atoms with Gasteiger partial charge in [-0.15, -0.1) is 6.58 Å². The Morgan fingerprint density at radius 1 is 1.43 bits per heavy atom. The van der Waals surface area contributed by atoms with Crippen molar-refractivity contribution in [2.24, 2.45) is 17.1 Å². The van der Waals surface area contributed by atoms with Crippen LogP contribution in [0.3, 0.4) is 0 Å². The van der Waals surface area contributed by atoms with E-state index in [1.165, 1.54) is 32.1 Å². The molecule has 0 spiro atoms. The molecule has 0 aliphatic heterocycles. The fourth-order valence-electron chi connectivity index (χ4n) is 1.85. The Bertz CT molecular complexity index is 153. The van der Waals surface area contributed by atoms with E-state index < -0.39 is 0 Å². The number of unbranched alkanes of at least 4 members (excludes halogenated alkanes) is 1. The summed E-state index contributed by atoms with van der Waals surface area (Å²) < 4.78 is 0. The van der Waals surface area contributed by atoms with Gasteiger partial charge in [0.05, 0.1) is 0 Å². The number of rotatable bonds is 8. The molecular formula is C13H27N. The molecule has 0 aromatic heterocycles. The van der Waals surface area contributed by atoms with Crippen LogP contribution in [0.2, 0.25) is 0 Å². The van der Waals surface area contributed by atoms with E-state index >= 15 is 0 Å². The highest BCUT2D eigenvalue weighted by molar-refractivity contribution is 4.93. The normalized spacial score (nSPS) is 17.4. The summed E-state index contributed by atoms with van der Waals surface area (Å²) in [5.41, 5.74) is 5.93. The van der Waals surface area contributed by atoms with Crippen molar-refractivity contribution in [3.63, 3.8) is 0 Å². The van der Waals surface area contributed by atoms with Gasteiger partial charge in [-0.05, 0) is 17.8 Å². The predicted molar refractivity (Wildman–Crippen MR) is 65.3 cm³/mol. The summed E-state index contributed by atoms with van der Waals surface area (Å²) in [5.74, 6) is 0.821. The smallest absolute Gasteiger partial charge is 0.00115 e. The van der Waals surface area contributed by atoms with Crippen molar-refractivity contribution in [1.82, 2.24) is 0 Å².